The van der Waals surface area contributed by atoms with Crippen molar-refractivity contribution in [2.45, 2.75) is 44.0 Å². The van der Waals surface area contributed by atoms with E-state index in [9.17, 15) is 18.0 Å². The lowest BCUT2D eigenvalue weighted by Crippen LogP contribution is -2.32. The van der Waals surface area contributed by atoms with Gasteiger partial charge in [-0.25, -0.2) is 8.42 Å². The summed E-state index contributed by atoms with van der Waals surface area (Å²) in [6, 6.07) is 12.4. The Morgan fingerprint density at radius 2 is 1.71 bits per heavy atom. The molecule has 1 atom stereocenters. The molecule has 150 valence electrons. The maximum atomic E-state index is 12.7. The Labute approximate surface area is 164 Å². The Balaban J connectivity index is 2.20. The van der Waals surface area contributed by atoms with E-state index in [1.807, 2.05) is 13.8 Å². The molecule has 8 heteroatoms. The van der Waals surface area contributed by atoms with E-state index < -0.39 is 16.0 Å². The number of benzene rings is 2. The minimum absolute atomic E-state index is 0.0248. The molecule has 0 saturated heterocycles. The SMILES string of the molecule is CC[C@@H](C)NC(=O)c1ccccc1NS(=O)(=O)c1ccc(CCC(=O)O)cc1. The van der Waals surface area contributed by atoms with Gasteiger partial charge in [0.15, 0.2) is 0 Å². The molecule has 0 fully saturated rings. The van der Waals surface area contributed by atoms with Crippen LogP contribution in [0.3, 0.4) is 0 Å². The van der Waals surface area contributed by atoms with E-state index in [0.717, 1.165) is 12.0 Å². The molecule has 0 spiro atoms. The minimum atomic E-state index is -3.90. The summed E-state index contributed by atoms with van der Waals surface area (Å²) in [5.41, 5.74) is 1.16. The van der Waals surface area contributed by atoms with Gasteiger partial charge in [-0.15, -0.1) is 0 Å². The van der Waals surface area contributed by atoms with Gasteiger partial charge in [0.05, 0.1) is 16.1 Å². The van der Waals surface area contributed by atoms with Gasteiger partial charge in [-0.2, -0.15) is 0 Å². The maximum Gasteiger partial charge on any atom is 0.303 e. The third-order valence-corrected chi connectivity index (χ3v) is 5.65. The molecule has 0 aromatic heterocycles. The van der Waals surface area contributed by atoms with Gasteiger partial charge in [0.1, 0.15) is 0 Å². The predicted octanol–water partition coefficient (Wildman–Crippen LogP) is 3.03. The number of para-hydroxylation sites is 1. The average Bonchev–Trinajstić information content (AvgIpc) is 2.66. The predicted molar refractivity (Wildman–Crippen MR) is 107 cm³/mol. The number of sulfonamides is 1. The first-order valence-electron chi connectivity index (χ1n) is 8.96. The summed E-state index contributed by atoms with van der Waals surface area (Å²) in [4.78, 5) is 23.1. The molecule has 7 nitrogen and oxygen atoms in total. The highest BCUT2D eigenvalue weighted by Gasteiger charge is 2.19. The molecule has 1 amide bonds. The number of aliphatic carboxylic acids is 1. The summed E-state index contributed by atoms with van der Waals surface area (Å²) in [6.45, 7) is 3.82. The topological polar surface area (TPSA) is 113 Å². The number of amides is 1. The zero-order chi connectivity index (χ0) is 20.7. The highest BCUT2D eigenvalue weighted by molar-refractivity contribution is 7.92. The van der Waals surface area contributed by atoms with E-state index in [1.165, 1.54) is 18.2 Å². The van der Waals surface area contributed by atoms with Crippen LogP contribution in [0.5, 0.6) is 0 Å². The fourth-order valence-electron chi connectivity index (χ4n) is 2.46. The molecule has 0 heterocycles. The molecule has 0 unspecified atom stereocenters. The number of aryl methyl sites for hydroxylation is 1. The summed E-state index contributed by atoms with van der Waals surface area (Å²) in [6.07, 6.45) is 1.05. The summed E-state index contributed by atoms with van der Waals surface area (Å²) >= 11 is 0. The van der Waals surface area contributed by atoms with Crippen LogP contribution in [0.1, 0.15) is 42.6 Å². The average molecular weight is 404 g/mol. The van der Waals surface area contributed by atoms with Crippen LogP contribution in [0.2, 0.25) is 0 Å². The van der Waals surface area contributed by atoms with E-state index in [-0.39, 0.29) is 34.5 Å². The van der Waals surface area contributed by atoms with Gasteiger partial charge < -0.3 is 10.4 Å². The van der Waals surface area contributed by atoms with E-state index in [0.29, 0.717) is 6.42 Å². The number of carboxylic acids is 1. The lowest BCUT2D eigenvalue weighted by Gasteiger charge is -2.15. The first kappa shape index (κ1) is 21.4. The Hall–Kier alpha value is -2.87. The maximum absolute atomic E-state index is 12.7. The minimum Gasteiger partial charge on any atom is -0.481 e. The molecule has 2 aromatic carbocycles. The fraction of sp³-hybridized carbons (Fsp3) is 0.300. The van der Waals surface area contributed by atoms with Crippen molar-refractivity contribution in [3.63, 3.8) is 0 Å². The molecule has 0 aliphatic carbocycles. The van der Waals surface area contributed by atoms with Gasteiger partial charge in [0, 0.05) is 12.5 Å². The first-order valence-corrected chi connectivity index (χ1v) is 10.4. The van der Waals surface area contributed by atoms with Gasteiger partial charge in [-0.1, -0.05) is 31.2 Å². The molecular weight excluding hydrogens is 380 g/mol. The second kappa shape index (κ2) is 9.36. The lowest BCUT2D eigenvalue weighted by atomic mass is 10.1. The molecule has 28 heavy (non-hydrogen) atoms. The molecule has 2 rings (SSSR count). The molecule has 2 aromatic rings. The largest absolute Gasteiger partial charge is 0.481 e. The Kier molecular flexibility index (Phi) is 7.17. The van der Waals surface area contributed by atoms with Crippen LogP contribution in [-0.2, 0) is 21.2 Å². The zero-order valence-corrected chi connectivity index (χ0v) is 16.6. The third-order valence-electron chi connectivity index (χ3n) is 4.27. The van der Waals surface area contributed by atoms with Crippen molar-refractivity contribution in [3.8, 4) is 0 Å². The van der Waals surface area contributed by atoms with Crippen molar-refractivity contribution < 1.29 is 23.1 Å². The van der Waals surface area contributed by atoms with Crippen LogP contribution in [0.25, 0.3) is 0 Å². The Bertz CT molecular complexity index is 939. The number of hydrogen-bond acceptors (Lipinski definition) is 4. The first-order chi connectivity index (χ1) is 13.2. The smallest absolute Gasteiger partial charge is 0.303 e. The number of hydrogen-bond donors (Lipinski definition) is 3. The second-order valence-electron chi connectivity index (χ2n) is 6.47. The molecule has 0 radical (unpaired) electrons. The van der Waals surface area contributed by atoms with Crippen molar-refractivity contribution in [2.24, 2.45) is 0 Å². The van der Waals surface area contributed by atoms with E-state index in [4.69, 9.17) is 5.11 Å². The van der Waals surface area contributed by atoms with Crippen LogP contribution in [0.15, 0.2) is 53.4 Å². The number of nitrogens with one attached hydrogen (secondary N) is 2. The summed E-state index contributed by atoms with van der Waals surface area (Å²) in [7, 11) is -3.90. The molecular formula is C20H24N2O5S. The van der Waals surface area contributed by atoms with Crippen molar-refractivity contribution in [2.75, 3.05) is 4.72 Å². The fourth-order valence-corrected chi connectivity index (χ4v) is 3.54. The normalized spacial score (nSPS) is 12.2. The van der Waals surface area contributed by atoms with Crippen LogP contribution < -0.4 is 10.0 Å². The summed E-state index contributed by atoms with van der Waals surface area (Å²) in [5, 5.41) is 11.5. The molecule has 0 aliphatic heterocycles. The lowest BCUT2D eigenvalue weighted by molar-refractivity contribution is -0.136. The quantitative estimate of drug-likeness (QED) is 0.595. The van der Waals surface area contributed by atoms with Gasteiger partial charge >= 0.3 is 5.97 Å². The van der Waals surface area contributed by atoms with Crippen molar-refractivity contribution in [3.05, 3.63) is 59.7 Å². The van der Waals surface area contributed by atoms with Crippen molar-refractivity contribution >= 4 is 27.6 Å². The number of anilines is 1. The van der Waals surface area contributed by atoms with Gasteiger partial charge in [0.25, 0.3) is 15.9 Å². The van der Waals surface area contributed by atoms with Gasteiger partial charge in [0.2, 0.25) is 0 Å². The Morgan fingerprint density at radius 3 is 2.32 bits per heavy atom. The third kappa shape index (κ3) is 5.82. The zero-order valence-electron chi connectivity index (χ0n) is 15.8. The summed E-state index contributed by atoms with van der Waals surface area (Å²) in [5.74, 6) is -1.26. The van der Waals surface area contributed by atoms with E-state index in [2.05, 4.69) is 10.0 Å². The molecule has 0 bridgehead atoms. The number of carboxylic acid groups (broad SMARTS) is 1. The number of carbonyl (C=O) groups is 2. The second-order valence-corrected chi connectivity index (χ2v) is 8.15. The monoisotopic (exact) mass is 404 g/mol. The van der Waals surface area contributed by atoms with E-state index >= 15 is 0 Å². The van der Waals surface area contributed by atoms with Crippen molar-refractivity contribution in [1.29, 1.82) is 0 Å². The van der Waals surface area contributed by atoms with Crippen LogP contribution >= 0.6 is 0 Å². The van der Waals surface area contributed by atoms with Gasteiger partial charge in [-0.05, 0) is 49.6 Å². The standard InChI is InChI=1S/C20H24N2O5S/c1-3-14(2)21-20(25)17-6-4-5-7-18(17)22-28(26,27)16-11-8-15(9-12-16)10-13-19(23)24/h4-9,11-12,14,22H,3,10,13H2,1-2H3,(H,21,25)(H,23,24)/t14-/m1/s1. The van der Waals surface area contributed by atoms with Crippen molar-refractivity contribution in [1.82, 2.24) is 5.32 Å². The number of carbonyl (C=O) groups excluding carboxylic acids is 1. The van der Waals surface area contributed by atoms with Crippen LogP contribution in [0.4, 0.5) is 5.69 Å². The van der Waals surface area contributed by atoms with Crippen LogP contribution in [-0.4, -0.2) is 31.4 Å². The van der Waals surface area contributed by atoms with Crippen LogP contribution in [0, 0.1) is 0 Å². The highest BCUT2D eigenvalue weighted by Crippen LogP contribution is 2.21. The molecule has 0 saturated carbocycles. The number of rotatable bonds is 9. The highest BCUT2D eigenvalue weighted by atomic mass is 32.2. The molecule has 3 N–H and O–H groups in total. The Morgan fingerprint density at radius 1 is 1.07 bits per heavy atom. The van der Waals surface area contributed by atoms with E-state index in [1.54, 1.807) is 30.3 Å². The van der Waals surface area contributed by atoms with Gasteiger partial charge in [-0.3, -0.25) is 14.3 Å². The summed E-state index contributed by atoms with van der Waals surface area (Å²) < 4.78 is 27.9. The molecule has 0 aliphatic rings.